The molecule has 0 saturated heterocycles. The second kappa shape index (κ2) is 5.94. The molecule has 0 aliphatic heterocycles. The van der Waals surface area contributed by atoms with Crippen molar-refractivity contribution in [3.05, 3.63) is 53.7 Å². The topological polar surface area (TPSA) is 89.2 Å². The van der Waals surface area contributed by atoms with E-state index in [0.717, 1.165) is 28.9 Å². The van der Waals surface area contributed by atoms with Gasteiger partial charge in [0.15, 0.2) is 5.65 Å². The van der Waals surface area contributed by atoms with Crippen LogP contribution >= 0.6 is 11.3 Å². The summed E-state index contributed by atoms with van der Waals surface area (Å²) in [6, 6.07) is 7.10. The lowest BCUT2D eigenvalue weighted by Gasteiger charge is -2.07. The Morgan fingerprint density at radius 2 is 2.00 bits per heavy atom. The maximum Gasteiger partial charge on any atom is 0.229 e. The molecular weight excluding hydrogens is 358 g/mol. The van der Waals surface area contributed by atoms with E-state index in [1.54, 1.807) is 36.1 Å². The van der Waals surface area contributed by atoms with Crippen LogP contribution < -0.4 is 4.72 Å². The smallest absolute Gasteiger partial charge is 0.229 e. The van der Waals surface area contributed by atoms with Crippen molar-refractivity contribution >= 4 is 32.7 Å². The molecular formula is C16H13N5O2S2. The van der Waals surface area contributed by atoms with Crippen LogP contribution in [0, 0.1) is 0 Å². The highest BCUT2D eigenvalue weighted by Crippen LogP contribution is 2.25. The van der Waals surface area contributed by atoms with Crippen molar-refractivity contribution in [1.82, 2.24) is 19.4 Å². The number of imidazole rings is 1. The highest BCUT2D eigenvalue weighted by atomic mass is 32.2. The summed E-state index contributed by atoms with van der Waals surface area (Å²) in [6.45, 7) is 0. The first-order valence-electron chi connectivity index (χ1n) is 7.29. The summed E-state index contributed by atoms with van der Waals surface area (Å²) in [5, 5.41) is 1.96. The zero-order valence-corrected chi connectivity index (χ0v) is 14.8. The van der Waals surface area contributed by atoms with Gasteiger partial charge in [-0.2, -0.15) is 0 Å². The molecule has 0 aliphatic carbocycles. The molecule has 0 aliphatic rings. The molecule has 0 amide bonds. The largest absolute Gasteiger partial charge is 0.295 e. The molecule has 3 aromatic heterocycles. The van der Waals surface area contributed by atoms with Crippen molar-refractivity contribution in [2.24, 2.45) is 0 Å². The van der Waals surface area contributed by atoms with Crippen LogP contribution in [0.1, 0.15) is 0 Å². The molecule has 0 unspecified atom stereocenters. The fourth-order valence-electron chi connectivity index (χ4n) is 2.52. The molecule has 4 aromatic rings. The number of nitrogens with zero attached hydrogens (tertiary/aromatic N) is 4. The number of benzene rings is 1. The zero-order chi connectivity index (χ0) is 17.4. The number of hydrogen-bond donors (Lipinski definition) is 1. The van der Waals surface area contributed by atoms with E-state index in [4.69, 9.17) is 0 Å². The summed E-state index contributed by atoms with van der Waals surface area (Å²) in [4.78, 5) is 13.1. The molecule has 4 rings (SSSR count). The predicted molar refractivity (Wildman–Crippen MR) is 98.0 cm³/mol. The van der Waals surface area contributed by atoms with E-state index in [2.05, 4.69) is 19.7 Å². The van der Waals surface area contributed by atoms with Gasteiger partial charge in [0, 0.05) is 22.8 Å². The SMILES string of the molecule is CS(=O)(=O)Nc1cccc(-c2cn3c(-c4cscn4)cnc3cn2)c1. The average Bonchev–Trinajstić information content (AvgIpc) is 3.22. The van der Waals surface area contributed by atoms with Gasteiger partial charge in [0.2, 0.25) is 10.0 Å². The summed E-state index contributed by atoms with van der Waals surface area (Å²) in [6.07, 6.45) is 6.44. The minimum atomic E-state index is -3.33. The first-order valence-corrected chi connectivity index (χ1v) is 10.1. The third-order valence-electron chi connectivity index (χ3n) is 3.55. The Hall–Kier alpha value is -2.78. The van der Waals surface area contributed by atoms with Gasteiger partial charge >= 0.3 is 0 Å². The number of rotatable bonds is 4. The third-order valence-corrected chi connectivity index (χ3v) is 4.75. The van der Waals surface area contributed by atoms with E-state index in [1.165, 1.54) is 11.3 Å². The average molecular weight is 371 g/mol. The van der Waals surface area contributed by atoms with Crippen molar-refractivity contribution < 1.29 is 8.42 Å². The van der Waals surface area contributed by atoms with E-state index in [9.17, 15) is 8.42 Å². The molecule has 7 nitrogen and oxygen atoms in total. The first kappa shape index (κ1) is 15.7. The van der Waals surface area contributed by atoms with Gasteiger partial charge in [-0.15, -0.1) is 11.3 Å². The lowest BCUT2D eigenvalue weighted by Crippen LogP contribution is -2.09. The van der Waals surface area contributed by atoms with Gasteiger partial charge in [-0.1, -0.05) is 12.1 Å². The van der Waals surface area contributed by atoms with E-state index >= 15 is 0 Å². The van der Waals surface area contributed by atoms with Crippen LogP contribution in [0.4, 0.5) is 5.69 Å². The number of nitrogens with one attached hydrogen (secondary N) is 1. The minimum absolute atomic E-state index is 0.493. The predicted octanol–water partition coefficient (Wildman–Crippen LogP) is 2.89. The maximum absolute atomic E-state index is 11.4. The molecule has 126 valence electrons. The van der Waals surface area contributed by atoms with Gasteiger partial charge < -0.3 is 0 Å². The number of aromatic nitrogens is 4. The molecule has 0 atom stereocenters. The third kappa shape index (κ3) is 3.24. The standard InChI is InChI=1S/C16H13N5O2S2/c1-25(22,23)20-12-4-2-3-11(5-12)13-8-21-15(14-9-24-10-19-14)6-18-16(21)7-17-13/h2-10,20H,1H3. The van der Waals surface area contributed by atoms with Crippen LogP contribution in [0.2, 0.25) is 0 Å². The summed E-state index contributed by atoms with van der Waals surface area (Å²) >= 11 is 1.52. The minimum Gasteiger partial charge on any atom is -0.295 e. The molecule has 0 radical (unpaired) electrons. The molecule has 0 saturated carbocycles. The summed E-state index contributed by atoms with van der Waals surface area (Å²) in [5.41, 5.74) is 6.22. The zero-order valence-electron chi connectivity index (χ0n) is 13.1. The lowest BCUT2D eigenvalue weighted by atomic mass is 10.1. The molecule has 25 heavy (non-hydrogen) atoms. The fraction of sp³-hybridized carbons (Fsp3) is 0.0625. The highest BCUT2D eigenvalue weighted by molar-refractivity contribution is 7.92. The van der Waals surface area contributed by atoms with Crippen molar-refractivity contribution in [1.29, 1.82) is 0 Å². The van der Waals surface area contributed by atoms with Crippen LogP contribution in [-0.4, -0.2) is 34.0 Å². The lowest BCUT2D eigenvalue weighted by molar-refractivity contribution is 0.607. The molecule has 9 heteroatoms. The quantitative estimate of drug-likeness (QED) is 0.596. The Bertz CT molecular complexity index is 1150. The molecule has 1 aromatic carbocycles. The van der Waals surface area contributed by atoms with Crippen LogP contribution in [0.3, 0.4) is 0 Å². The first-order chi connectivity index (χ1) is 12.0. The Labute approximate surface area is 148 Å². The Morgan fingerprint density at radius 1 is 1.12 bits per heavy atom. The number of sulfonamides is 1. The van der Waals surface area contributed by atoms with Crippen molar-refractivity contribution in [3.63, 3.8) is 0 Å². The van der Waals surface area contributed by atoms with E-state index in [0.29, 0.717) is 11.4 Å². The molecule has 0 bridgehead atoms. The van der Waals surface area contributed by atoms with Crippen molar-refractivity contribution in [2.45, 2.75) is 0 Å². The van der Waals surface area contributed by atoms with Gasteiger partial charge in [-0.05, 0) is 12.1 Å². The summed E-state index contributed by atoms with van der Waals surface area (Å²) in [5.74, 6) is 0. The molecule has 1 N–H and O–H groups in total. The Morgan fingerprint density at radius 3 is 2.76 bits per heavy atom. The Kier molecular flexibility index (Phi) is 3.74. The van der Waals surface area contributed by atoms with Gasteiger partial charge in [0.1, 0.15) is 0 Å². The van der Waals surface area contributed by atoms with E-state index in [-0.39, 0.29) is 0 Å². The normalized spacial score (nSPS) is 11.7. The fourth-order valence-corrected chi connectivity index (χ4v) is 3.62. The maximum atomic E-state index is 11.4. The number of fused-ring (bicyclic) bond motifs is 1. The highest BCUT2D eigenvalue weighted by Gasteiger charge is 2.10. The van der Waals surface area contributed by atoms with Crippen LogP contribution in [0.5, 0.6) is 0 Å². The van der Waals surface area contributed by atoms with Crippen molar-refractivity contribution in [3.8, 4) is 22.6 Å². The van der Waals surface area contributed by atoms with Gasteiger partial charge in [0.25, 0.3) is 0 Å². The van der Waals surface area contributed by atoms with Gasteiger partial charge in [-0.25, -0.2) is 18.4 Å². The van der Waals surface area contributed by atoms with Crippen LogP contribution in [-0.2, 0) is 10.0 Å². The summed E-state index contributed by atoms with van der Waals surface area (Å²) in [7, 11) is -3.33. The Balaban J connectivity index is 1.80. The van der Waals surface area contributed by atoms with Crippen LogP contribution in [0.15, 0.2) is 53.7 Å². The van der Waals surface area contributed by atoms with Gasteiger partial charge in [-0.3, -0.25) is 14.1 Å². The number of hydrogen-bond acceptors (Lipinski definition) is 6. The van der Waals surface area contributed by atoms with Crippen LogP contribution in [0.25, 0.3) is 28.3 Å². The van der Waals surface area contributed by atoms with E-state index in [1.807, 2.05) is 22.0 Å². The second-order valence-electron chi connectivity index (χ2n) is 5.47. The van der Waals surface area contributed by atoms with Gasteiger partial charge in [0.05, 0.1) is 41.2 Å². The summed E-state index contributed by atoms with van der Waals surface area (Å²) < 4.78 is 27.2. The monoisotopic (exact) mass is 371 g/mol. The van der Waals surface area contributed by atoms with Crippen molar-refractivity contribution in [2.75, 3.05) is 11.0 Å². The number of thiazole rings is 1. The second-order valence-corrected chi connectivity index (χ2v) is 7.94. The van der Waals surface area contributed by atoms with E-state index < -0.39 is 10.0 Å². The molecule has 3 heterocycles. The number of anilines is 1. The molecule has 0 spiro atoms. The molecule has 0 fully saturated rings.